The molecule has 0 aromatic heterocycles. The Balaban J connectivity index is 4.44. The number of hydrogen-bond acceptors (Lipinski definition) is 6. The van der Waals surface area contributed by atoms with Gasteiger partial charge >= 0.3 is 19.8 Å². The van der Waals surface area contributed by atoms with Gasteiger partial charge in [0.1, 0.15) is 12.0 Å². The van der Waals surface area contributed by atoms with Gasteiger partial charge in [0, 0.05) is 0 Å². The van der Waals surface area contributed by atoms with Gasteiger partial charge in [0.25, 0.3) is 0 Å². The maximum Gasteiger partial charge on any atom is 0.390 e. The van der Waals surface area contributed by atoms with Crippen LogP contribution in [0.2, 0.25) is 0 Å². The lowest BCUT2D eigenvalue weighted by atomic mass is 9.91. The zero-order valence-electron chi connectivity index (χ0n) is 24.1. The third-order valence-corrected chi connectivity index (χ3v) is 8.14. The fraction of sp³-hybridized carbons (Fsp3) is 0.966. The molecule has 5 atom stereocenters. The maximum atomic E-state index is 11.2. The van der Waals surface area contributed by atoms with E-state index in [1.54, 1.807) is 0 Å². The van der Waals surface area contributed by atoms with Crippen LogP contribution >= 0.6 is 21.1 Å². The minimum atomic E-state index is -2.40. The van der Waals surface area contributed by atoms with Crippen LogP contribution in [0.1, 0.15) is 149 Å². The van der Waals surface area contributed by atoms with Crippen LogP contribution in [0.3, 0.4) is 0 Å². The SMILES string of the molecule is CCCCCCCCCCCCCC(CCCCCCC)CC(S)OC(CC)OCC(O)([PH+]=O)C(=O)O. The molecular weight excluding hydrogens is 507 g/mol. The summed E-state index contributed by atoms with van der Waals surface area (Å²) in [6.07, 6.45) is 24.1. The molecular formula is C29H58O6PS+. The van der Waals surface area contributed by atoms with Gasteiger partial charge in [-0.25, -0.2) is 4.79 Å². The van der Waals surface area contributed by atoms with Crippen LogP contribution in [0, 0.1) is 5.92 Å². The number of rotatable bonds is 28. The molecule has 0 amide bonds. The minimum Gasteiger partial charge on any atom is -0.476 e. The number of carbonyl (C=O) groups is 1. The first-order valence-electron chi connectivity index (χ1n) is 15.1. The lowest BCUT2D eigenvalue weighted by Gasteiger charge is -2.25. The molecule has 0 aromatic carbocycles. The van der Waals surface area contributed by atoms with Crippen molar-refractivity contribution in [2.45, 2.75) is 166 Å². The second kappa shape index (κ2) is 24.8. The lowest BCUT2D eigenvalue weighted by Crippen LogP contribution is -2.39. The van der Waals surface area contributed by atoms with Gasteiger partial charge in [0.2, 0.25) is 0 Å². The van der Waals surface area contributed by atoms with Gasteiger partial charge in [0.05, 0.1) is 0 Å². The standard InChI is InChI=1S/C29H57O6PS/c1-4-7-9-11-12-13-14-15-16-18-20-22-25(21-19-17-10-8-5-2)23-27(37)35-26(6-3)34-24-29(32,36-33)28(30)31/h25-27,32,37H,4-24H2,1-3H3,(H,30,31)/p+1. The fourth-order valence-corrected chi connectivity index (χ4v) is 5.29. The van der Waals surface area contributed by atoms with E-state index < -0.39 is 32.7 Å². The average molecular weight is 566 g/mol. The summed E-state index contributed by atoms with van der Waals surface area (Å²) >= 11 is 4.66. The van der Waals surface area contributed by atoms with Crippen molar-refractivity contribution in [1.29, 1.82) is 0 Å². The highest BCUT2D eigenvalue weighted by molar-refractivity contribution is 7.80. The largest absolute Gasteiger partial charge is 0.476 e. The molecule has 0 heterocycles. The van der Waals surface area contributed by atoms with E-state index >= 15 is 0 Å². The monoisotopic (exact) mass is 565 g/mol. The molecule has 0 saturated carbocycles. The third kappa shape index (κ3) is 20.4. The van der Waals surface area contributed by atoms with E-state index in [-0.39, 0.29) is 5.44 Å². The molecule has 0 aliphatic carbocycles. The van der Waals surface area contributed by atoms with Crippen molar-refractivity contribution < 1.29 is 29.0 Å². The number of hydrogen-bond donors (Lipinski definition) is 3. The van der Waals surface area contributed by atoms with Crippen molar-refractivity contribution in [2.24, 2.45) is 5.92 Å². The Bertz CT molecular complexity index is 552. The van der Waals surface area contributed by atoms with Crippen LogP contribution in [-0.4, -0.2) is 39.9 Å². The highest BCUT2D eigenvalue weighted by Gasteiger charge is 2.47. The summed E-state index contributed by atoms with van der Waals surface area (Å²) < 4.78 is 22.5. The van der Waals surface area contributed by atoms with E-state index in [9.17, 15) is 14.5 Å². The molecule has 37 heavy (non-hydrogen) atoms. The fourth-order valence-electron chi connectivity index (χ4n) is 4.63. The second-order valence-electron chi connectivity index (χ2n) is 10.6. The van der Waals surface area contributed by atoms with Crippen LogP contribution in [0.25, 0.3) is 0 Å². The van der Waals surface area contributed by atoms with E-state index in [4.69, 9.17) is 14.6 Å². The number of thiol groups is 1. The second-order valence-corrected chi connectivity index (χ2v) is 12.2. The zero-order chi connectivity index (χ0) is 27.8. The Morgan fingerprint density at radius 1 is 0.811 bits per heavy atom. The number of carboxylic acid groups (broad SMARTS) is 1. The van der Waals surface area contributed by atoms with Gasteiger partial charge in [-0.1, -0.05) is 141 Å². The molecule has 0 aliphatic heterocycles. The third-order valence-electron chi connectivity index (χ3n) is 7.11. The molecule has 0 aromatic rings. The molecule has 0 fully saturated rings. The van der Waals surface area contributed by atoms with Gasteiger partial charge < -0.3 is 19.7 Å². The molecule has 0 spiro atoms. The molecule has 0 saturated heterocycles. The molecule has 0 radical (unpaired) electrons. The first-order valence-corrected chi connectivity index (χ1v) is 16.6. The van der Waals surface area contributed by atoms with E-state index in [1.165, 1.54) is 116 Å². The quantitative estimate of drug-likeness (QED) is 0.0380. The lowest BCUT2D eigenvalue weighted by molar-refractivity contribution is -0.183. The Morgan fingerprint density at radius 2 is 1.24 bits per heavy atom. The van der Waals surface area contributed by atoms with Crippen LogP contribution in [0.5, 0.6) is 0 Å². The molecule has 2 N–H and O–H groups in total. The van der Waals surface area contributed by atoms with Crippen molar-refractivity contribution in [3.63, 3.8) is 0 Å². The first kappa shape index (κ1) is 36.8. The molecule has 220 valence electrons. The van der Waals surface area contributed by atoms with Crippen molar-refractivity contribution in [3.8, 4) is 0 Å². The van der Waals surface area contributed by atoms with Crippen LogP contribution in [0.4, 0.5) is 0 Å². The Kier molecular flexibility index (Phi) is 24.7. The van der Waals surface area contributed by atoms with E-state index in [0.717, 1.165) is 6.42 Å². The topological polar surface area (TPSA) is 93.1 Å². The molecule has 0 aliphatic rings. The molecule has 0 rings (SSSR count). The smallest absolute Gasteiger partial charge is 0.390 e. The molecule has 6 nitrogen and oxygen atoms in total. The summed E-state index contributed by atoms with van der Waals surface area (Å²) in [4.78, 5) is 11.2. The van der Waals surface area contributed by atoms with Gasteiger partial charge in [-0.2, -0.15) is 0 Å². The predicted molar refractivity (Wildman–Crippen MR) is 158 cm³/mol. The van der Waals surface area contributed by atoms with Gasteiger partial charge in [-0.05, 0) is 18.8 Å². The number of unbranched alkanes of at least 4 members (excludes halogenated alkanes) is 14. The van der Waals surface area contributed by atoms with Crippen molar-refractivity contribution in [2.75, 3.05) is 6.61 Å². The Labute approximate surface area is 234 Å². The van der Waals surface area contributed by atoms with E-state index in [1.807, 2.05) is 6.92 Å². The molecule has 8 heteroatoms. The van der Waals surface area contributed by atoms with Crippen molar-refractivity contribution in [3.05, 3.63) is 0 Å². The predicted octanol–water partition coefficient (Wildman–Crippen LogP) is 8.88. The summed E-state index contributed by atoms with van der Waals surface area (Å²) in [6, 6.07) is 0. The minimum absolute atomic E-state index is 0.328. The Hall–Kier alpha value is -0.200. The number of aliphatic carboxylic acids is 1. The zero-order valence-corrected chi connectivity index (χ0v) is 26.0. The number of ether oxygens (including phenoxy) is 2. The highest BCUT2D eigenvalue weighted by Crippen LogP contribution is 2.27. The van der Waals surface area contributed by atoms with Crippen LogP contribution < -0.4 is 0 Å². The summed E-state index contributed by atoms with van der Waals surface area (Å²) in [6.45, 7) is 5.78. The molecule has 0 bridgehead atoms. The normalized spacial score (nSPS) is 15.9. The number of aliphatic hydroxyl groups is 1. The summed E-state index contributed by atoms with van der Waals surface area (Å²) in [7, 11) is -1.42. The van der Waals surface area contributed by atoms with E-state index in [0.29, 0.717) is 12.3 Å². The van der Waals surface area contributed by atoms with Gasteiger partial charge in [-0.15, -0.1) is 12.6 Å². The maximum absolute atomic E-state index is 11.2. The van der Waals surface area contributed by atoms with E-state index in [2.05, 4.69) is 26.5 Å². The first-order chi connectivity index (χ1) is 17.8. The average Bonchev–Trinajstić information content (AvgIpc) is 2.88. The van der Waals surface area contributed by atoms with Gasteiger partial charge in [-0.3, -0.25) is 0 Å². The van der Waals surface area contributed by atoms with Gasteiger partial charge in [0.15, 0.2) is 6.29 Å². The number of carboxylic acids is 1. The van der Waals surface area contributed by atoms with Crippen LogP contribution in [0.15, 0.2) is 0 Å². The summed E-state index contributed by atoms with van der Waals surface area (Å²) in [5.41, 5.74) is -0.328. The highest BCUT2D eigenvalue weighted by atomic mass is 32.1. The summed E-state index contributed by atoms with van der Waals surface area (Å²) in [5, 5.41) is 16.6. The van der Waals surface area contributed by atoms with Crippen molar-refractivity contribution >= 4 is 27.1 Å². The summed E-state index contributed by atoms with van der Waals surface area (Å²) in [5.74, 6) is -1.02. The van der Waals surface area contributed by atoms with Crippen molar-refractivity contribution in [1.82, 2.24) is 0 Å². The van der Waals surface area contributed by atoms with Crippen LogP contribution in [-0.2, 0) is 18.8 Å². The Morgan fingerprint density at radius 3 is 1.62 bits per heavy atom. The molecule has 5 unspecified atom stereocenters.